The fraction of sp³-hybridized carbons (Fsp3) is 0.250. The standard InChI is InChI=1S/C8H8FNO3S/c1-13-7-4-8(14-2)5(9)3-6(7)10(11)12/h3-4H,1-2H3. The molecule has 0 aliphatic carbocycles. The van der Waals surface area contributed by atoms with Gasteiger partial charge in [-0.2, -0.15) is 0 Å². The summed E-state index contributed by atoms with van der Waals surface area (Å²) < 4.78 is 17.9. The van der Waals surface area contributed by atoms with Crippen molar-refractivity contribution in [3.8, 4) is 5.75 Å². The Morgan fingerprint density at radius 3 is 2.64 bits per heavy atom. The van der Waals surface area contributed by atoms with E-state index in [0.717, 1.165) is 6.07 Å². The lowest BCUT2D eigenvalue weighted by molar-refractivity contribution is -0.386. The molecule has 0 N–H and O–H groups in total. The molecule has 0 amide bonds. The van der Waals surface area contributed by atoms with Gasteiger partial charge in [0.25, 0.3) is 0 Å². The van der Waals surface area contributed by atoms with Crippen LogP contribution in [-0.4, -0.2) is 18.3 Å². The third-order valence-electron chi connectivity index (χ3n) is 1.65. The van der Waals surface area contributed by atoms with Crippen molar-refractivity contribution in [2.24, 2.45) is 0 Å². The molecule has 0 unspecified atom stereocenters. The number of halogens is 1. The Morgan fingerprint density at radius 2 is 2.21 bits per heavy atom. The van der Waals surface area contributed by atoms with Crippen LogP contribution < -0.4 is 4.74 Å². The molecule has 4 nitrogen and oxygen atoms in total. The van der Waals surface area contributed by atoms with Gasteiger partial charge in [0.15, 0.2) is 5.75 Å². The van der Waals surface area contributed by atoms with Crippen LogP contribution >= 0.6 is 11.8 Å². The molecule has 0 saturated carbocycles. The Morgan fingerprint density at radius 1 is 1.57 bits per heavy atom. The summed E-state index contributed by atoms with van der Waals surface area (Å²) in [4.78, 5) is 10.1. The predicted molar refractivity (Wildman–Crippen MR) is 51.4 cm³/mol. The number of hydrogen-bond acceptors (Lipinski definition) is 4. The molecule has 0 atom stereocenters. The molecule has 76 valence electrons. The lowest BCUT2D eigenvalue weighted by Gasteiger charge is -2.04. The smallest absolute Gasteiger partial charge is 0.313 e. The van der Waals surface area contributed by atoms with Crippen molar-refractivity contribution in [1.82, 2.24) is 0 Å². The van der Waals surface area contributed by atoms with Crippen LogP contribution in [0.15, 0.2) is 17.0 Å². The highest BCUT2D eigenvalue weighted by Gasteiger charge is 2.18. The number of benzene rings is 1. The normalized spacial score (nSPS) is 9.93. The van der Waals surface area contributed by atoms with Gasteiger partial charge in [0.05, 0.1) is 18.1 Å². The van der Waals surface area contributed by atoms with Gasteiger partial charge in [0.1, 0.15) is 5.82 Å². The average Bonchev–Trinajstić information content (AvgIpc) is 2.17. The maximum absolute atomic E-state index is 13.1. The second-order valence-electron chi connectivity index (χ2n) is 2.42. The molecular formula is C8H8FNO3S. The van der Waals surface area contributed by atoms with E-state index in [9.17, 15) is 14.5 Å². The quantitative estimate of drug-likeness (QED) is 0.443. The molecule has 14 heavy (non-hydrogen) atoms. The first-order chi connectivity index (χ1) is 6.60. The highest BCUT2D eigenvalue weighted by molar-refractivity contribution is 7.98. The minimum absolute atomic E-state index is 0.0701. The zero-order chi connectivity index (χ0) is 10.7. The third-order valence-corrected chi connectivity index (χ3v) is 2.40. The van der Waals surface area contributed by atoms with Crippen molar-refractivity contribution < 1.29 is 14.1 Å². The van der Waals surface area contributed by atoms with Gasteiger partial charge in [-0.3, -0.25) is 10.1 Å². The molecule has 0 saturated heterocycles. The summed E-state index contributed by atoms with van der Waals surface area (Å²) in [6.07, 6.45) is 1.68. The Hall–Kier alpha value is -1.30. The van der Waals surface area contributed by atoms with Crippen molar-refractivity contribution in [2.45, 2.75) is 4.90 Å². The summed E-state index contributed by atoms with van der Waals surface area (Å²) >= 11 is 1.17. The lowest BCUT2D eigenvalue weighted by atomic mass is 10.3. The molecule has 0 radical (unpaired) electrons. The summed E-state index contributed by atoms with van der Waals surface area (Å²) in [6.45, 7) is 0. The minimum Gasteiger partial charge on any atom is -0.490 e. The topological polar surface area (TPSA) is 52.4 Å². The maximum Gasteiger partial charge on any atom is 0.313 e. The molecule has 0 aliphatic heterocycles. The average molecular weight is 217 g/mol. The van der Waals surface area contributed by atoms with E-state index in [1.165, 1.54) is 24.9 Å². The van der Waals surface area contributed by atoms with Crippen molar-refractivity contribution in [3.63, 3.8) is 0 Å². The van der Waals surface area contributed by atoms with Crippen molar-refractivity contribution >= 4 is 17.4 Å². The van der Waals surface area contributed by atoms with Gasteiger partial charge < -0.3 is 4.74 Å². The number of rotatable bonds is 3. The van der Waals surface area contributed by atoms with E-state index in [1.54, 1.807) is 6.26 Å². The Labute approximate surface area is 84.2 Å². The first kappa shape index (κ1) is 10.8. The van der Waals surface area contributed by atoms with Gasteiger partial charge in [0, 0.05) is 11.0 Å². The monoisotopic (exact) mass is 217 g/mol. The van der Waals surface area contributed by atoms with Crippen LogP contribution in [0, 0.1) is 15.9 Å². The van der Waals surface area contributed by atoms with Gasteiger partial charge in [0.2, 0.25) is 0 Å². The van der Waals surface area contributed by atoms with E-state index >= 15 is 0 Å². The maximum atomic E-state index is 13.1. The number of nitro groups is 1. The SMILES string of the molecule is COc1cc(SC)c(F)cc1[N+](=O)[O-]. The van der Waals surface area contributed by atoms with Crippen LogP contribution in [0.4, 0.5) is 10.1 Å². The van der Waals surface area contributed by atoms with E-state index in [2.05, 4.69) is 0 Å². The number of nitrogens with zero attached hydrogens (tertiary/aromatic N) is 1. The van der Waals surface area contributed by atoms with Crippen LogP contribution in [-0.2, 0) is 0 Å². The van der Waals surface area contributed by atoms with Crippen LogP contribution in [0.25, 0.3) is 0 Å². The van der Waals surface area contributed by atoms with Crippen LogP contribution in [0.1, 0.15) is 0 Å². The number of nitro benzene ring substituents is 1. The molecule has 1 aromatic carbocycles. The second-order valence-corrected chi connectivity index (χ2v) is 3.26. The summed E-state index contributed by atoms with van der Waals surface area (Å²) in [5.41, 5.74) is -0.359. The Bertz CT molecular complexity index is 370. The molecule has 0 aromatic heterocycles. The van der Waals surface area contributed by atoms with E-state index in [4.69, 9.17) is 4.74 Å². The molecule has 1 rings (SSSR count). The zero-order valence-corrected chi connectivity index (χ0v) is 8.43. The summed E-state index contributed by atoms with van der Waals surface area (Å²) in [5.74, 6) is -0.536. The first-order valence-electron chi connectivity index (χ1n) is 3.66. The third kappa shape index (κ3) is 1.95. The lowest BCUT2D eigenvalue weighted by Crippen LogP contribution is -1.95. The van der Waals surface area contributed by atoms with Gasteiger partial charge >= 0.3 is 5.69 Å². The second kappa shape index (κ2) is 4.28. The molecule has 0 fully saturated rings. The van der Waals surface area contributed by atoms with Crippen molar-refractivity contribution in [1.29, 1.82) is 0 Å². The summed E-state index contributed by atoms with van der Waals surface area (Å²) in [5, 5.41) is 10.5. The number of methoxy groups -OCH3 is 1. The van der Waals surface area contributed by atoms with Crippen LogP contribution in [0.5, 0.6) is 5.75 Å². The van der Waals surface area contributed by atoms with E-state index < -0.39 is 10.7 Å². The highest BCUT2D eigenvalue weighted by atomic mass is 32.2. The molecule has 0 spiro atoms. The summed E-state index contributed by atoms with van der Waals surface area (Å²) in [7, 11) is 1.31. The van der Waals surface area contributed by atoms with Crippen LogP contribution in [0.3, 0.4) is 0 Å². The number of hydrogen-bond donors (Lipinski definition) is 0. The molecule has 1 aromatic rings. The van der Waals surface area contributed by atoms with E-state index in [0.29, 0.717) is 4.90 Å². The highest BCUT2D eigenvalue weighted by Crippen LogP contribution is 2.33. The first-order valence-corrected chi connectivity index (χ1v) is 4.88. The number of ether oxygens (including phenoxy) is 1. The molecule has 0 heterocycles. The van der Waals surface area contributed by atoms with Crippen molar-refractivity contribution in [3.05, 3.63) is 28.1 Å². The molecule has 0 aliphatic rings. The Balaban J connectivity index is 3.31. The molecular weight excluding hydrogens is 209 g/mol. The van der Waals surface area contributed by atoms with Gasteiger partial charge in [-0.15, -0.1) is 11.8 Å². The summed E-state index contributed by atoms with van der Waals surface area (Å²) in [6, 6.07) is 2.18. The Kier molecular flexibility index (Phi) is 3.29. The largest absolute Gasteiger partial charge is 0.490 e. The molecule has 6 heteroatoms. The zero-order valence-electron chi connectivity index (χ0n) is 7.61. The fourth-order valence-corrected chi connectivity index (χ4v) is 1.47. The molecule has 0 bridgehead atoms. The van der Waals surface area contributed by atoms with E-state index in [1.807, 2.05) is 0 Å². The van der Waals surface area contributed by atoms with Gasteiger partial charge in [-0.1, -0.05) is 0 Å². The predicted octanol–water partition coefficient (Wildman–Crippen LogP) is 2.46. The fourth-order valence-electron chi connectivity index (χ4n) is 0.987. The van der Waals surface area contributed by atoms with Crippen LogP contribution in [0.2, 0.25) is 0 Å². The number of thioether (sulfide) groups is 1. The van der Waals surface area contributed by atoms with Gasteiger partial charge in [-0.25, -0.2) is 4.39 Å². The van der Waals surface area contributed by atoms with E-state index in [-0.39, 0.29) is 11.4 Å². The van der Waals surface area contributed by atoms with Crippen molar-refractivity contribution in [2.75, 3.05) is 13.4 Å². The van der Waals surface area contributed by atoms with Gasteiger partial charge in [-0.05, 0) is 6.26 Å². The minimum atomic E-state index is -0.675.